The Labute approximate surface area is 160 Å². The lowest BCUT2D eigenvalue weighted by atomic mass is 10.1. The molecule has 0 aliphatic carbocycles. The van der Waals surface area contributed by atoms with Crippen LogP contribution in [0.4, 0.5) is 11.4 Å². The first-order valence-corrected chi connectivity index (χ1v) is 9.12. The molecule has 3 rings (SSSR count). The van der Waals surface area contributed by atoms with Crippen LogP contribution in [0.15, 0.2) is 36.4 Å². The van der Waals surface area contributed by atoms with Gasteiger partial charge in [0, 0.05) is 54.8 Å². The van der Waals surface area contributed by atoms with E-state index < -0.39 is 0 Å². The maximum Gasteiger partial charge on any atom is 0.251 e. The molecule has 0 bridgehead atoms. The second-order valence-corrected chi connectivity index (χ2v) is 6.96. The zero-order valence-electron chi connectivity index (χ0n) is 16.1. The Morgan fingerprint density at radius 1 is 1.19 bits per heavy atom. The van der Waals surface area contributed by atoms with Crippen LogP contribution in [0.25, 0.3) is 0 Å². The van der Waals surface area contributed by atoms with Crippen LogP contribution in [0.5, 0.6) is 11.5 Å². The van der Waals surface area contributed by atoms with Crippen molar-refractivity contribution in [1.29, 1.82) is 0 Å². The lowest BCUT2D eigenvalue weighted by molar-refractivity contribution is 0.0947. The molecule has 27 heavy (non-hydrogen) atoms. The Bertz CT molecular complexity index is 800. The predicted molar refractivity (Wildman–Crippen MR) is 108 cm³/mol. The first kappa shape index (κ1) is 18.9. The van der Waals surface area contributed by atoms with Crippen LogP contribution in [0.2, 0.25) is 0 Å². The monoisotopic (exact) mass is 369 g/mol. The molecule has 0 spiro atoms. The zero-order valence-corrected chi connectivity index (χ0v) is 16.1. The molecule has 1 atom stereocenters. The molecule has 1 heterocycles. The molecule has 2 aromatic rings. The summed E-state index contributed by atoms with van der Waals surface area (Å²) in [6.07, 6.45) is 1.02. The summed E-state index contributed by atoms with van der Waals surface area (Å²) >= 11 is 0. The largest absolute Gasteiger partial charge is 0.497 e. The van der Waals surface area contributed by atoms with Gasteiger partial charge in [-0.05, 0) is 37.0 Å². The van der Waals surface area contributed by atoms with Crippen LogP contribution >= 0.6 is 0 Å². The number of nitrogens with two attached hydrogens (primary N) is 1. The van der Waals surface area contributed by atoms with Gasteiger partial charge in [0.2, 0.25) is 0 Å². The summed E-state index contributed by atoms with van der Waals surface area (Å²) in [4.78, 5) is 14.8. The highest BCUT2D eigenvalue weighted by atomic mass is 16.5. The summed E-state index contributed by atoms with van der Waals surface area (Å²) in [6, 6.07) is 11.3. The molecule has 0 saturated carbocycles. The maximum atomic E-state index is 12.5. The van der Waals surface area contributed by atoms with Crippen molar-refractivity contribution >= 4 is 17.3 Å². The minimum absolute atomic E-state index is 0.0682. The van der Waals surface area contributed by atoms with Crippen molar-refractivity contribution < 1.29 is 14.3 Å². The Morgan fingerprint density at radius 3 is 2.56 bits per heavy atom. The molecule has 1 unspecified atom stereocenters. The van der Waals surface area contributed by atoms with Gasteiger partial charge in [-0.2, -0.15) is 0 Å². The van der Waals surface area contributed by atoms with Crippen molar-refractivity contribution in [3.8, 4) is 11.5 Å². The number of nitrogens with one attached hydrogen (secondary N) is 1. The smallest absolute Gasteiger partial charge is 0.251 e. The van der Waals surface area contributed by atoms with E-state index in [9.17, 15) is 4.79 Å². The average molecular weight is 369 g/mol. The van der Waals surface area contributed by atoms with Crippen LogP contribution in [-0.4, -0.2) is 39.8 Å². The lowest BCUT2D eigenvalue weighted by Crippen LogP contribution is -2.31. The van der Waals surface area contributed by atoms with Gasteiger partial charge >= 0.3 is 0 Å². The molecule has 3 N–H and O–H groups in total. The van der Waals surface area contributed by atoms with Gasteiger partial charge in [0.15, 0.2) is 0 Å². The topological polar surface area (TPSA) is 76.8 Å². The number of aryl methyl sites for hydroxylation is 1. The number of benzene rings is 2. The van der Waals surface area contributed by atoms with E-state index in [0.717, 1.165) is 42.3 Å². The van der Waals surface area contributed by atoms with Crippen LogP contribution < -0.4 is 25.4 Å². The summed E-state index contributed by atoms with van der Waals surface area (Å²) in [5.74, 6) is 1.88. The second-order valence-electron chi connectivity index (χ2n) is 6.96. The summed E-state index contributed by atoms with van der Waals surface area (Å²) in [5, 5.41) is 3.06. The first-order valence-electron chi connectivity index (χ1n) is 9.12. The molecule has 1 aliphatic rings. The predicted octanol–water partition coefficient (Wildman–Crippen LogP) is 2.85. The molecule has 6 nitrogen and oxygen atoms in total. The van der Waals surface area contributed by atoms with Crippen LogP contribution in [0.3, 0.4) is 0 Å². The SMILES string of the molecule is COc1cc(OC)cc(N2CCC(CNC(=O)c3cc(N)ccc3C)C2)c1. The lowest BCUT2D eigenvalue weighted by Gasteiger charge is -2.20. The summed E-state index contributed by atoms with van der Waals surface area (Å²) in [6.45, 7) is 4.38. The standard InChI is InChI=1S/C21H27N3O3/c1-14-4-5-16(22)8-20(14)21(25)23-12-15-6-7-24(13-15)17-9-18(26-2)11-19(10-17)27-3/h4-5,8-11,15H,6-7,12-13,22H2,1-3H3,(H,23,25). The molecule has 1 saturated heterocycles. The number of hydrogen-bond donors (Lipinski definition) is 2. The van der Waals surface area contributed by atoms with Crippen molar-refractivity contribution in [3.05, 3.63) is 47.5 Å². The first-order chi connectivity index (χ1) is 13.0. The minimum atomic E-state index is -0.0682. The Morgan fingerprint density at radius 2 is 1.89 bits per heavy atom. The highest BCUT2D eigenvalue weighted by Crippen LogP contribution is 2.31. The third kappa shape index (κ3) is 4.45. The fourth-order valence-electron chi connectivity index (χ4n) is 3.43. The number of carbonyl (C=O) groups is 1. The van der Waals surface area contributed by atoms with E-state index in [0.29, 0.717) is 23.7 Å². The number of rotatable bonds is 6. The third-order valence-corrected chi connectivity index (χ3v) is 5.04. The van der Waals surface area contributed by atoms with E-state index in [1.807, 2.05) is 37.3 Å². The van der Waals surface area contributed by atoms with Crippen molar-refractivity contribution in [2.45, 2.75) is 13.3 Å². The maximum absolute atomic E-state index is 12.5. The molecule has 1 aliphatic heterocycles. The van der Waals surface area contributed by atoms with Crippen molar-refractivity contribution in [2.24, 2.45) is 5.92 Å². The van der Waals surface area contributed by atoms with E-state index in [-0.39, 0.29) is 5.91 Å². The van der Waals surface area contributed by atoms with E-state index in [1.54, 1.807) is 20.3 Å². The number of anilines is 2. The number of nitrogens with zero attached hydrogens (tertiary/aromatic N) is 1. The molecule has 0 radical (unpaired) electrons. The number of methoxy groups -OCH3 is 2. The molecular weight excluding hydrogens is 342 g/mol. The highest BCUT2D eigenvalue weighted by Gasteiger charge is 2.24. The van der Waals surface area contributed by atoms with E-state index in [4.69, 9.17) is 15.2 Å². The fraction of sp³-hybridized carbons (Fsp3) is 0.381. The van der Waals surface area contributed by atoms with Gasteiger partial charge < -0.3 is 25.4 Å². The second kappa shape index (κ2) is 8.20. The number of carbonyl (C=O) groups excluding carboxylic acids is 1. The third-order valence-electron chi connectivity index (χ3n) is 5.04. The molecule has 144 valence electrons. The molecule has 0 aromatic heterocycles. The van der Waals surface area contributed by atoms with Gasteiger partial charge in [-0.25, -0.2) is 0 Å². The van der Waals surface area contributed by atoms with Gasteiger partial charge in [-0.15, -0.1) is 0 Å². The van der Waals surface area contributed by atoms with E-state index in [2.05, 4.69) is 10.2 Å². The quantitative estimate of drug-likeness (QED) is 0.766. The van der Waals surface area contributed by atoms with E-state index >= 15 is 0 Å². The van der Waals surface area contributed by atoms with Gasteiger partial charge in [0.05, 0.1) is 14.2 Å². The number of nitrogen functional groups attached to an aromatic ring is 1. The number of ether oxygens (including phenoxy) is 2. The fourth-order valence-corrected chi connectivity index (χ4v) is 3.43. The van der Waals surface area contributed by atoms with Crippen LogP contribution in [-0.2, 0) is 0 Å². The van der Waals surface area contributed by atoms with Gasteiger partial charge in [0.25, 0.3) is 5.91 Å². The Kier molecular flexibility index (Phi) is 5.74. The Balaban J connectivity index is 1.60. The summed E-state index contributed by atoms with van der Waals surface area (Å²) in [5.41, 5.74) is 9.05. The molecular formula is C21H27N3O3. The number of amides is 1. The van der Waals surface area contributed by atoms with Gasteiger partial charge in [-0.1, -0.05) is 6.07 Å². The summed E-state index contributed by atoms with van der Waals surface area (Å²) in [7, 11) is 3.30. The minimum Gasteiger partial charge on any atom is -0.497 e. The van der Waals surface area contributed by atoms with Crippen LogP contribution in [0, 0.1) is 12.8 Å². The highest BCUT2D eigenvalue weighted by molar-refractivity contribution is 5.96. The average Bonchev–Trinajstić information content (AvgIpc) is 3.16. The molecule has 1 amide bonds. The van der Waals surface area contributed by atoms with E-state index in [1.165, 1.54) is 0 Å². The molecule has 2 aromatic carbocycles. The van der Waals surface area contributed by atoms with Crippen molar-refractivity contribution in [2.75, 3.05) is 44.5 Å². The van der Waals surface area contributed by atoms with Crippen molar-refractivity contribution in [3.63, 3.8) is 0 Å². The summed E-state index contributed by atoms with van der Waals surface area (Å²) < 4.78 is 10.7. The van der Waals surface area contributed by atoms with Gasteiger partial charge in [-0.3, -0.25) is 4.79 Å². The molecule has 6 heteroatoms. The van der Waals surface area contributed by atoms with Gasteiger partial charge in [0.1, 0.15) is 11.5 Å². The zero-order chi connectivity index (χ0) is 19.4. The number of hydrogen-bond acceptors (Lipinski definition) is 5. The molecule has 1 fully saturated rings. The van der Waals surface area contributed by atoms with Crippen molar-refractivity contribution in [1.82, 2.24) is 5.32 Å². The van der Waals surface area contributed by atoms with Crippen LogP contribution in [0.1, 0.15) is 22.3 Å². The normalized spacial score (nSPS) is 16.3. The Hall–Kier alpha value is -2.89.